The van der Waals surface area contributed by atoms with Crippen molar-refractivity contribution in [2.75, 3.05) is 33.3 Å². The van der Waals surface area contributed by atoms with E-state index in [9.17, 15) is 28.3 Å². The van der Waals surface area contributed by atoms with Gasteiger partial charge < -0.3 is 19.2 Å². The Hall–Kier alpha value is -3.27. The van der Waals surface area contributed by atoms with E-state index in [0.29, 0.717) is 26.2 Å². The van der Waals surface area contributed by atoms with Gasteiger partial charge in [-0.2, -0.15) is 0 Å². The molecule has 2 aromatic rings. The van der Waals surface area contributed by atoms with Crippen LogP contribution in [0.25, 0.3) is 0 Å². The normalized spacial score (nSPS) is 15.5. The Balaban J connectivity index is 1.96. The Morgan fingerprint density at radius 3 is 2.55 bits per heavy atom. The van der Waals surface area contributed by atoms with E-state index in [-0.39, 0.29) is 30.0 Å². The minimum atomic E-state index is -1.14. The molecule has 1 N–H and O–H groups in total. The van der Waals surface area contributed by atoms with Crippen molar-refractivity contribution in [2.45, 2.75) is 18.9 Å². The number of aromatic hydroxyl groups is 1. The summed E-state index contributed by atoms with van der Waals surface area (Å²) in [7, 11) is 1.16. The van der Waals surface area contributed by atoms with Crippen LogP contribution in [0.1, 0.15) is 29.4 Å². The zero-order chi connectivity index (χ0) is 22.5. The van der Waals surface area contributed by atoms with E-state index in [4.69, 9.17) is 4.42 Å². The fourth-order valence-electron chi connectivity index (χ4n) is 3.46. The molecule has 2 heterocycles. The Labute approximate surface area is 176 Å². The fraction of sp³-hybridized carbons (Fsp3) is 0.381. The minimum Gasteiger partial charge on any atom is -0.502 e. The summed E-state index contributed by atoms with van der Waals surface area (Å²) < 4.78 is 37.7. The topological polar surface area (TPSA) is 100 Å². The third kappa shape index (κ3) is 5.26. The van der Waals surface area contributed by atoms with Crippen LogP contribution in [0.15, 0.2) is 33.5 Å². The molecule has 0 radical (unpaired) electrons. The number of nitrogens with zero attached hydrogens (tertiary/aromatic N) is 2. The highest BCUT2D eigenvalue weighted by atomic mass is 19.2. The maximum absolute atomic E-state index is 13.8. The van der Waals surface area contributed by atoms with Gasteiger partial charge in [-0.3, -0.25) is 19.3 Å². The molecule has 0 unspecified atom stereocenters. The average molecular weight is 436 g/mol. The van der Waals surface area contributed by atoms with Crippen molar-refractivity contribution in [2.24, 2.45) is 0 Å². The Kier molecular flexibility index (Phi) is 7.01. The molecular formula is C21H22F2N2O6. The molecule has 10 heteroatoms. The zero-order valence-corrected chi connectivity index (χ0v) is 16.8. The monoisotopic (exact) mass is 436 g/mol. The number of rotatable bonds is 7. The lowest BCUT2D eigenvalue weighted by Gasteiger charge is -2.32. The molecule has 0 bridgehead atoms. The highest BCUT2D eigenvalue weighted by Crippen LogP contribution is 2.34. The predicted molar refractivity (Wildman–Crippen MR) is 104 cm³/mol. The Morgan fingerprint density at radius 2 is 1.94 bits per heavy atom. The van der Waals surface area contributed by atoms with Crippen LogP contribution in [-0.4, -0.2) is 60.6 Å². The van der Waals surface area contributed by atoms with Gasteiger partial charge in [-0.15, -0.1) is 0 Å². The van der Waals surface area contributed by atoms with Crippen molar-refractivity contribution in [3.8, 4) is 5.75 Å². The number of methoxy groups -OCH3 is 1. The number of amides is 1. The molecule has 31 heavy (non-hydrogen) atoms. The summed E-state index contributed by atoms with van der Waals surface area (Å²) in [6, 6.07) is 4.16. The Bertz CT molecular complexity index is 1020. The quantitative estimate of drug-likeness (QED) is 0.520. The second-order valence-electron chi connectivity index (χ2n) is 7.21. The molecule has 1 atom stereocenters. The molecule has 8 nitrogen and oxygen atoms in total. The molecule has 0 spiro atoms. The van der Waals surface area contributed by atoms with E-state index in [1.165, 1.54) is 6.07 Å². The lowest BCUT2D eigenvalue weighted by Crippen LogP contribution is -2.45. The Morgan fingerprint density at radius 1 is 1.23 bits per heavy atom. The molecule has 1 aromatic carbocycles. The molecular weight excluding hydrogens is 414 g/mol. The minimum absolute atomic E-state index is 0.138. The SMILES string of the molecule is COC(=O)C[C@@H](c1ccc(F)c(F)c1)c1oc(CN2CCN(C=O)CC2)cc(=O)c1O. The smallest absolute Gasteiger partial charge is 0.306 e. The van der Waals surface area contributed by atoms with Gasteiger partial charge in [-0.1, -0.05) is 6.07 Å². The summed E-state index contributed by atoms with van der Waals surface area (Å²) >= 11 is 0. The van der Waals surface area contributed by atoms with Crippen molar-refractivity contribution in [3.05, 3.63) is 63.2 Å². The van der Waals surface area contributed by atoms with Gasteiger partial charge in [0.2, 0.25) is 17.6 Å². The number of esters is 1. The third-order valence-electron chi connectivity index (χ3n) is 5.20. The largest absolute Gasteiger partial charge is 0.502 e. The van der Waals surface area contributed by atoms with Crippen molar-refractivity contribution in [1.82, 2.24) is 9.80 Å². The zero-order valence-electron chi connectivity index (χ0n) is 16.8. The molecule has 1 aliphatic heterocycles. The number of hydrogen-bond acceptors (Lipinski definition) is 7. The van der Waals surface area contributed by atoms with Crippen LogP contribution in [0.2, 0.25) is 0 Å². The van der Waals surface area contributed by atoms with Gasteiger partial charge in [0.25, 0.3) is 0 Å². The molecule has 3 rings (SSSR count). The highest BCUT2D eigenvalue weighted by Gasteiger charge is 2.28. The molecule has 1 fully saturated rings. The molecule has 1 aliphatic rings. The third-order valence-corrected chi connectivity index (χ3v) is 5.20. The van der Waals surface area contributed by atoms with Crippen LogP contribution in [0.4, 0.5) is 8.78 Å². The number of ether oxygens (including phenoxy) is 1. The molecule has 1 aromatic heterocycles. The summed E-state index contributed by atoms with van der Waals surface area (Å²) in [5, 5.41) is 10.4. The van der Waals surface area contributed by atoms with E-state index in [1.807, 2.05) is 4.90 Å². The van der Waals surface area contributed by atoms with E-state index < -0.39 is 34.7 Å². The number of carbonyl (C=O) groups excluding carboxylic acids is 2. The number of hydrogen-bond donors (Lipinski definition) is 1. The van der Waals surface area contributed by atoms with Gasteiger partial charge in [-0.25, -0.2) is 8.78 Å². The lowest BCUT2D eigenvalue weighted by atomic mass is 9.92. The van der Waals surface area contributed by atoms with Crippen LogP contribution in [0.3, 0.4) is 0 Å². The van der Waals surface area contributed by atoms with Gasteiger partial charge in [0.15, 0.2) is 17.4 Å². The highest BCUT2D eigenvalue weighted by molar-refractivity contribution is 5.71. The number of carbonyl (C=O) groups is 2. The van der Waals surface area contributed by atoms with Crippen molar-refractivity contribution >= 4 is 12.4 Å². The molecule has 166 valence electrons. The van der Waals surface area contributed by atoms with Crippen molar-refractivity contribution in [1.29, 1.82) is 0 Å². The van der Waals surface area contributed by atoms with E-state index >= 15 is 0 Å². The van der Waals surface area contributed by atoms with Crippen LogP contribution in [0, 0.1) is 11.6 Å². The van der Waals surface area contributed by atoms with Gasteiger partial charge in [0.05, 0.1) is 26.0 Å². The van der Waals surface area contributed by atoms with Gasteiger partial charge in [0, 0.05) is 32.2 Å². The van der Waals surface area contributed by atoms with Gasteiger partial charge >= 0.3 is 5.97 Å². The van der Waals surface area contributed by atoms with Gasteiger partial charge in [0.1, 0.15) is 5.76 Å². The first kappa shape index (κ1) is 22.4. The fourth-order valence-corrected chi connectivity index (χ4v) is 3.46. The van der Waals surface area contributed by atoms with Crippen molar-refractivity contribution < 1.29 is 32.6 Å². The lowest BCUT2D eigenvalue weighted by molar-refractivity contribution is -0.141. The first-order valence-electron chi connectivity index (χ1n) is 9.61. The molecule has 0 aliphatic carbocycles. The second kappa shape index (κ2) is 9.69. The first-order valence-corrected chi connectivity index (χ1v) is 9.61. The molecule has 1 amide bonds. The maximum Gasteiger partial charge on any atom is 0.306 e. The summed E-state index contributed by atoms with van der Waals surface area (Å²) in [6.07, 6.45) is 0.412. The van der Waals surface area contributed by atoms with Crippen LogP contribution < -0.4 is 5.43 Å². The standard InChI is InChI=1S/C21H22F2N2O6/c1-30-19(28)10-15(13-2-3-16(22)17(23)8-13)21-20(29)18(27)9-14(31-21)11-24-4-6-25(12-26)7-5-24/h2-3,8-9,12,15,29H,4-7,10-11H2,1H3/t15-/m0/s1. The summed E-state index contributed by atoms with van der Waals surface area (Å²) in [5.41, 5.74) is -0.584. The second-order valence-corrected chi connectivity index (χ2v) is 7.21. The molecule has 1 saturated heterocycles. The van der Waals surface area contributed by atoms with Crippen molar-refractivity contribution in [3.63, 3.8) is 0 Å². The summed E-state index contributed by atoms with van der Waals surface area (Å²) in [5.74, 6) is -4.68. The van der Waals surface area contributed by atoms with E-state index in [2.05, 4.69) is 4.74 Å². The summed E-state index contributed by atoms with van der Waals surface area (Å²) in [4.78, 5) is 38.8. The first-order chi connectivity index (χ1) is 14.8. The summed E-state index contributed by atoms with van der Waals surface area (Å²) in [6.45, 7) is 2.41. The number of halogens is 2. The predicted octanol–water partition coefficient (Wildman–Crippen LogP) is 1.59. The average Bonchev–Trinajstić information content (AvgIpc) is 2.77. The maximum atomic E-state index is 13.8. The van der Waals surface area contributed by atoms with E-state index in [1.54, 1.807) is 4.90 Å². The number of benzene rings is 1. The van der Waals surface area contributed by atoms with E-state index in [0.717, 1.165) is 31.7 Å². The van der Waals surface area contributed by atoms with Crippen LogP contribution >= 0.6 is 0 Å². The van der Waals surface area contributed by atoms with Gasteiger partial charge in [-0.05, 0) is 17.7 Å². The van der Waals surface area contributed by atoms with Crippen LogP contribution in [-0.2, 0) is 20.9 Å². The van der Waals surface area contributed by atoms with Crippen LogP contribution in [0.5, 0.6) is 5.75 Å². The molecule has 0 saturated carbocycles. The number of piperazine rings is 1.